The molecule has 336 valence electrons. The predicted octanol–water partition coefficient (Wildman–Crippen LogP) is 9.61. The molecule has 12 nitrogen and oxygen atoms in total. The third kappa shape index (κ3) is 8.01. The summed E-state index contributed by atoms with van der Waals surface area (Å²) in [6, 6.07) is 45.7. The number of aromatic nitrogens is 2. The minimum atomic E-state index is -1.24. The largest absolute Gasteiger partial charge is 0.369 e. The van der Waals surface area contributed by atoms with Gasteiger partial charge >= 0.3 is 0 Å². The third-order valence-electron chi connectivity index (χ3n) is 12.9. The summed E-state index contributed by atoms with van der Waals surface area (Å²) in [5.74, 6) is -1.74. The van der Waals surface area contributed by atoms with E-state index in [4.69, 9.17) is 4.98 Å². The van der Waals surface area contributed by atoms with Crippen molar-refractivity contribution < 1.29 is 19.2 Å². The van der Waals surface area contributed by atoms with Gasteiger partial charge in [0, 0.05) is 78.3 Å². The number of nitrogens with zero attached hydrogens (tertiary/aromatic N) is 6. The van der Waals surface area contributed by atoms with Gasteiger partial charge in [-0.25, -0.2) is 9.97 Å². The molecule has 0 radical (unpaired) electrons. The van der Waals surface area contributed by atoms with Crippen molar-refractivity contribution in [2.75, 3.05) is 41.3 Å². The number of fused-ring (bicyclic) bond motifs is 2. The summed E-state index contributed by atoms with van der Waals surface area (Å²) in [5.41, 5.74) is 8.08. The summed E-state index contributed by atoms with van der Waals surface area (Å²) in [6.07, 6.45) is 2.02. The standard InChI is InChI=1S/C54H44N8O4S2/c63-48(58-53-56-26-30-67-53)46(37-12-6-2-7-13-37)61-49(44-23-19-40(33-45(44)51(61)65)36-16-20-42(21-17-36)59-28-24-55-25-29-59)62(54-57-27-31-68-54)52(66)47(38-14-8-3-9-15-38)60-34-41-32-39(18-22-43(41)50(60)64)35-10-4-1-5-11-35/h1-23,26-27,30-33,46-47,49,55H,24-25,28-29,34H2,(H,56,58,63). The van der Waals surface area contributed by atoms with Gasteiger partial charge in [0.2, 0.25) is 0 Å². The lowest BCUT2D eigenvalue weighted by atomic mass is 9.98. The van der Waals surface area contributed by atoms with Gasteiger partial charge in [0.25, 0.3) is 23.6 Å². The summed E-state index contributed by atoms with van der Waals surface area (Å²) < 4.78 is 0. The SMILES string of the molecule is O=C(Nc1nccs1)C(c1ccccc1)N1C(=O)c2cc(-c3ccc(N4CCNCC4)cc3)ccc2C1N(C(=O)C(c1ccccc1)N1Cc2cc(-c3ccccc3)ccc2C1=O)c1nccs1. The minimum absolute atomic E-state index is 0.162. The maximum atomic E-state index is 16.2. The van der Waals surface area contributed by atoms with Crippen LogP contribution in [0.1, 0.15) is 61.2 Å². The molecule has 3 aliphatic rings. The Hall–Kier alpha value is -7.78. The Morgan fingerprint density at radius 2 is 1.26 bits per heavy atom. The average molecular weight is 933 g/mol. The molecule has 1 saturated heterocycles. The molecule has 8 aromatic rings. The molecule has 0 bridgehead atoms. The molecule has 0 spiro atoms. The van der Waals surface area contributed by atoms with E-state index in [1.165, 1.54) is 32.5 Å². The molecule has 5 heterocycles. The van der Waals surface area contributed by atoms with Crippen LogP contribution in [0.2, 0.25) is 0 Å². The van der Waals surface area contributed by atoms with Crippen molar-refractivity contribution in [2.24, 2.45) is 0 Å². The first kappa shape index (κ1) is 42.8. The van der Waals surface area contributed by atoms with Crippen molar-refractivity contribution in [2.45, 2.75) is 24.8 Å². The quantitative estimate of drug-likeness (QED) is 0.124. The van der Waals surface area contributed by atoms with Crippen molar-refractivity contribution in [3.8, 4) is 22.3 Å². The van der Waals surface area contributed by atoms with Crippen LogP contribution in [-0.2, 0) is 16.1 Å². The number of nitrogens with one attached hydrogen (secondary N) is 2. The maximum Gasteiger partial charge on any atom is 0.258 e. The lowest BCUT2D eigenvalue weighted by molar-refractivity contribution is -0.126. The average Bonchev–Trinajstić information content (AvgIpc) is 4.22. The Labute approximate surface area is 401 Å². The van der Waals surface area contributed by atoms with E-state index in [-0.39, 0.29) is 12.5 Å². The van der Waals surface area contributed by atoms with E-state index in [0.29, 0.717) is 38.1 Å². The maximum absolute atomic E-state index is 16.2. The van der Waals surface area contributed by atoms with Crippen LogP contribution in [0.25, 0.3) is 22.3 Å². The normalized spacial score (nSPS) is 16.3. The molecule has 14 heteroatoms. The monoisotopic (exact) mass is 932 g/mol. The molecule has 3 aliphatic heterocycles. The van der Waals surface area contributed by atoms with Gasteiger partial charge < -0.3 is 15.1 Å². The van der Waals surface area contributed by atoms with E-state index in [0.717, 1.165) is 59.7 Å². The number of carbonyl (C=O) groups excluding carboxylic acids is 4. The zero-order chi connectivity index (χ0) is 46.1. The highest BCUT2D eigenvalue weighted by molar-refractivity contribution is 7.14. The lowest BCUT2D eigenvalue weighted by Gasteiger charge is -2.40. The molecule has 2 aromatic heterocycles. The third-order valence-corrected chi connectivity index (χ3v) is 14.3. The first-order valence-electron chi connectivity index (χ1n) is 22.5. The fourth-order valence-electron chi connectivity index (χ4n) is 9.63. The number of thiazole rings is 2. The molecule has 3 atom stereocenters. The summed E-state index contributed by atoms with van der Waals surface area (Å²) in [5, 5.41) is 10.6. The van der Waals surface area contributed by atoms with Gasteiger partial charge in [-0.15, -0.1) is 22.7 Å². The van der Waals surface area contributed by atoms with Crippen LogP contribution in [0.4, 0.5) is 16.0 Å². The van der Waals surface area contributed by atoms with Crippen molar-refractivity contribution in [3.63, 3.8) is 0 Å². The van der Waals surface area contributed by atoms with E-state index in [1.807, 2.05) is 115 Å². The van der Waals surface area contributed by atoms with Gasteiger partial charge in [-0.3, -0.25) is 34.3 Å². The van der Waals surface area contributed by atoms with Crippen molar-refractivity contribution in [1.82, 2.24) is 25.1 Å². The van der Waals surface area contributed by atoms with Crippen LogP contribution in [0.5, 0.6) is 0 Å². The van der Waals surface area contributed by atoms with Crippen molar-refractivity contribution in [1.29, 1.82) is 0 Å². The van der Waals surface area contributed by atoms with Gasteiger partial charge in [-0.05, 0) is 69.3 Å². The van der Waals surface area contributed by atoms with E-state index in [2.05, 4.69) is 44.8 Å². The number of carbonyl (C=O) groups is 4. The van der Waals surface area contributed by atoms with Gasteiger partial charge in [0.05, 0.1) is 0 Å². The van der Waals surface area contributed by atoms with E-state index in [1.54, 1.807) is 40.2 Å². The second kappa shape index (κ2) is 18.5. The molecule has 3 unspecified atom stereocenters. The number of hydrogen-bond donors (Lipinski definition) is 2. The molecule has 4 amide bonds. The number of piperazine rings is 1. The Morgan fingerprint density at radius 3 is 1.94 bits per heavy atom. The Bertz CT molecular complexity index is 3110. The predicted molar refractivity (Wildman–Crippen MR) is 266 cm³/mol. The van der Waals surface area contributed by atoms with Crippen LogP contribution in [0.15, 0.2) is 175 Å². The van der Waals surface area contributed by atoms with Gasteiger partial charge in [0.15, 0.2) is 10.3 Å². The zero-order valence-electron chi connectivity index (χ0n) is 36.6. The number of hydrogen-bond acceptors (Lipinski definition) is 10. The number of rotatable bonds is 12. The Morgan fingerprint density at radius 1 is 0.647 bits per heavy atom. The van der Waals surface area contributed by atoms with Crippen LogP contribution in [-0.4, -0.2) is 69.6 Å². The molecule has 0 aliphatic carbocycles. The Kier molecular flexibility index (Phi) is 11.6. The zero-order valence-corrected chi connectivity index (χ0v) is 38.3. The number of benzene rings is 6. The first-order valence-corrected chi connectivity index (χ1v) is 24.2. The fourth-order valence-corrected chi connectivity index (χ4v) is 10.8. The first-order chi connectivity index (χ1) is 33.4. The molecule has 11 rings (SSSR count). The van der Waals surface area contributed by atoms with Gasteiger partial charge in [0.1, 0.15) is 18.2 Å². The summed E-state index contributed by atoms with van der Waals surface area (Å²) >= 11 is 2.50. The van der Waals surface area contributed by atoms with E-state index < -0.39 is 36.0 Å². The van der Waals surface area contributed by atoms with Crippen LogP contribution in [0.3, 0.4) is 0 Å². The highest BCUT2D eigenvalue weighted by Crippen LogP contribution is 2.48. The van der Waals surface area contributed by atoms with Crippen LogP contribution in [0, 0.1) is 0 Å². The van der Waals surface area contributed by atoms with Crippen molar-refractivity contribution >= 4 is 62.3 Å². The summed E-state index contributed by atoms with van der Waals surface area (Å²) in [7, 11) is 0. The smallest absolute Gasteiger partial charge is 0.258 e. The fraction of sp³-hybridized carbons (Fsp3) is 0.148. The molecule has 6 aromatic carbocycles. The second-order valence-electron chi connectivity index (χ2n) is 16.8. The molecular formula is C54H44N8O4S2. The second-order valence-corrected chi connectivity index (χ2v) is 18.6. The highest BCUT2D eigenvalue weighted by atomic mass is 32.1. The summed E-state index contributed by atoms with van der Waals surface area (Å²) in [4.78, 5) is 77.6. The Balaban J connectivity index is 1.05. The number of anilines is 3. The highest BCUT2D eigenvalue weighted by Gasteiger charge is 2.51. The van der Waals surface area contributed by atoms with Crippen molar-refractivity contribution in [3.05, 3.63) is 208 Å². The molecule has 68 heavy (non-hydrogen) atoms. The summed E-state index contributed by atoms with van der Waals surface area (Å²) in [6.45, 7) is 3.83. The molecule has 0 saturated carbocycles. The lowest BCUT2D eigenvalue weighted by Crippen LogP contribution is -2.51. The topological polar surface area (TPSA) is 131 Å². The van der Waals surface area contributed by atoms with Crippen LogP contribution >= 0.6 is 22.7 Å². The van der Waals surface area contributed by atoms with E-state index >= 15 is 9.59 Å². The minimum Gasteiger partial charge on any atom is -0.369 e. The molecular weight excluding hydrogens is 889 g/mol. The van der Waals surface area contributed by atoms with E-state index in [9.17, 15) is 9.59 Å². The van der Waals surface area contributed by atoms with Crippen LogP contribution < -0.4 is 20.4 Å². The molecule has 2 N–H and O–H groups in total. The van der Waals surface area contributed by atoms with Gasteiger partial charge in [-0.1, -0.05) is 121 Å². The molecule has 1 fully saturated rings. The number of amides is 4. The van der Waals surface area contributed by atoms with Gasteiger partial charge in [-0.2, -0.15) is 0 Å².